The number of carbonyl (C=O) groups is 4. The molecule has 0 saturated heterocycles. The molecule has 0 spiro atoms. The molecular formula is C38H47N3O7. The van der Waals surface area contributed by atoms with Gasteiger partial charge in [-0.2, -0.15) is 0 Å². The van der Waals surface area contributed by atoms with E-state index in [-0.39, 0.29) is 31.3 Å². The van der Waals surface area contributed by atoms with Gasteiger partial charge in [-0.15, -0.1) is 0 Å². The van der Waals surface area contributed by atoms with Crippen LogP contribution in [0.1, 0.15) is 75.5 Å². The maximum Gasteiger partial charge on any atom is 0.409 e. The van der Waals surface area contributed by atoms with Crippen molar-refractivity contribution in [1.82, 2.24) is 15.5 Å². The van der Waals surface area contributed by atoms with E-state index >= 15 is 0 Å². The molecule has 0 saturated carbocycles. The van der Waals surface area contributed by atoms with Crippen LogP contribution >= 0.6 is 0 Å². The molecule has 0 aliphatic heterocycles. The fourth-order valence-electron chi connectivity index (χ4n) is 5.66. The molecule has 4 rings (SSSR count). The van der Waals surface area contributed by atoms with Gasteiger partial charge in [0.05, 0.1) is 6.04 Å². The summed E-state index contributed by atoms with van der Waals surface area (Å²) in [6, 6.07) is 24.8. The summed E-state index contributed by atoms with van der Waals surface area (Å²) >= 11 is 0. The Hall–Kier alpha value is -4.86. The molecular weight excluding hydrogens is 610 g/mol. The van der Waals surface area contributed by atoms with Crippen LogP contribution in [-0.4, -0.2) is 67.3 Å². The lowest BCUT2D eigenvalue weighted by molar-refractivity contribution is -0.121. The Bertz CT molecular complexity index is 1490. The maximum absolute atomic E-state index is 13.4. The first-order valence-corrected chi connectivity index (χ1v) is 16.5. The van der Waals surface area contributed by atoms with Gasteiger partial charge in [-0.25, -0.2) is 14.4 Å². The van der Waals surface area contributed by atoms with E-state index in [9.17, 15) is 19.2 Å². The number of ether oxygens (including phenoxy) is 3. The lowest BCUT2D eigenvalue weighted by atomic mass is 9.98. The van der Waals surface area contributed by atoms with Crippen LogP contribution in [0.2, 0.25) is 0 Å². The van der Waals surface area contributed by atoms with Gasteiger partial charge in [0.25, 0.3) is 0 Å². The van der Waals surface area contributed by atoms with Gasteiger partial charge in [-0.05, 0) is 74.3 Å². The van der Waals surface area contributed by atoms with Crippen molar-refractivity contribution in [3.63, 3.8) is 0 Å². The van der Waals surface area contributed by atoms with Crippen molar-refractivity contribution in [2.75, 3.05) is 26.7 Å². The largest absolute Gasteiger partial charge is 0.449 e. The predicted molar refractivity (Wildman–Crippen MR) is 184 cm³/mol. The van der Waals surface area contributed by atoms with E-state index in [2.05, 4.69) is 22.8 Å². The molecule has 3 amide bonds. The lowest BCUT2D eigenvalue weighted by Gasteiger charge is -2.21. The highest BCUT2D eigenvalue weighted by Gasteiger charge is 2.30. The highest BCUT2D eigenvalue weighted by atomic mass is 16.6. The smallest absolute Gasteiger partial charge is 0.409 e. The molecule has 10 heteroatoms. The number of Topliss-reactive ketones (excluding diaryl/α,β-unsaturated/α-hetero) is 1. The fourth-order valence-corrected chi connectivity index (χ4v) is 5.66. The summed E-state index contributed by atoms with van der Waals surface area (Å²) in [5, 5.41) is 5.51. The number of unbranched alkanes of at least 4 members (excludes halogenated alkanes) is 1. The number of nitrogens with zero attached hydrogens (tertiary/aromatic N) is 1. The Morgan fingerprint density at radius 2 is 1.42 bits per heavy atom. The minimum atomic E-state index is -0.780. The Balaban J connectivity index is 1.29. The highest BCUT2D eigenvalue weighted by molar-refractivity contribution is 5.87. The predicted octanol–water partition coefficient (Wildman–Crippen LogP) is 7.21. The van der Waals surface area contributed by atoms with E-state index in [0.29, 0.717) is 38.8 Å². The third-order valence-electron chi connectivity index (χ3n) is 8.05. The molecule has 256 valence electrons. The summed E-state index contributed by atoms with van der Waals surface area (Å²) in [6.07, 6.45) is 0.444. The third kappa shape index (κ3) is 10.9. The van der Waals surface area contributed by atoms with Crippen LogP contribution in [0.25, 0.3) is 11.1 Å². The molecule has 48 heavy (non-hydrogen) atoms. The summed E-state index contributed by atoms with van der Waals surface area (Å²) in [5.41, 5.74) is 4.75. The summed E-state index contributed by atoms with van der Waals surface area (Å²) in [5.74, 6) is -0.261. The molecule has 1 atom stereocenters. The summed E-state index contributed by atoms with van der Waals surface area (Å²) in [6.45, 7) is 6.37. The molecule has 0 heterocycles. The second kappa shape index (κ2) is 17.3. The number of amides is 3. The number of rotatable bonds is 15. The fraction of sp³-hybridized carbons (Fsp3) is 0.421. The summed E-state index contributed by atoms with van der Waals surface area (Å²) < 4.78 is 16.4. The molecule has 1 aliphatic rings. The van der Waals surface area contributed by atoms with E-state index < -0.39 is 29.9 Å². The number of hydrogen-bond donors (Lipinski definition) is 2. The molecule has 0 radical (unpaired) electrons. The van der Waals surface area contributed by atoms with Crippen LogP contribution in [0, 0.1) is 0 Å². The van der Waals surface area contributed by atoms with Crippen molar-refractivity contribution >= 4 is 24.1 Å². The monoisotopic (exact) mass is 657 g/mol. The van der Waals surface area contributed by atoms with E-state index in [4.69, 9.17) is 14.2 Å². The van der Waals surface area contributed by atoms with Crippen molar-refractivity contribution in [3.8, 4) is 11.1 Å². The number of benzene rings is 3. The Morgan fingerprint density at radius 1 is 0.792 bits per heavy atom. The molecule has 0 unspecified atom stereocenters. The van der Waals surface area contributed by atoms with Gasteiger partial charge in [-0.1, -0.05) is 78.9 Å². The number of ketones is 1. The highest BCUT2D eigenvalue weighted by Crippen LogP contribution is 2.44. The van der Waals surface area contributed by atoms with Gasteiger partial charge in [0, 0.05) is 32.5 Å². The maximum atomic E-state index is 13.4. The standard InChI is InChI=1S/C38H47N3O7/c1-38(2,3)48-35(43)39-23-13-12-21-33(34(42)22-14-24-41(4)37(45)47-25-27-15-6-5-7-16-27)40-36(44)46-26-32-30-19-10-8-17-28(30)29-18-9-11-20-31(29)32/h5-11,15-20,32-33H,12-14,21-26H2,1-4H3,(H,39,43)(H,40,44)/t33-/m0/s1. The molecule has 0 bridgehead atoms. The normalized spacial score (nSPS) is 12.7. The van der Waals surface area contributed by atoms with E-state index in [1.165, 1.54) is 4.90 Å². The van der Waals surface area contributed by atoms with Crippen LogP contribution in [0.3, 0.4) is 0 Å². The van der Waals surface area contributed by atoms with Crippen LogP contribution in [0.15, 0.2) is 78.9 Å². The van der Waals surface area contributed by atoms with Crippen molar-refractivity contribution in [2.45, 2.75) is 77.0 Å². The first-order chi connectivity index (χ1) is 23.0. The Kier molecular flexibility index (Phi) is 13.0. The van der Waals surface area contributed by atoms with Gasteiger partial charge in [0.2, 0.25) is 0 Å². The number of hydrogen-bond acceptors (Lipinski definition) is 7. The van der Waals surface area contributed by atoms with Gasteiger partial charge >= 0.3 is 18.3 Å². The lowest BCUT2D eigenvalue weighted by Crippen LogP contribution is -2.42. The van der Waals surface area contributed by atoms with Gasteiger partial charge in [-0.3, -0.25) is 4.79 Å². The minimum Gasteiger partial charge on any atom is -0.449 e. The van der Waals surface area contributed by atoms with Crippen LogP contribution in [0.4, 0.5) is 14.4 Å². The first-order valence-electron chi connectivity index (χ1n) is 16.5. The molecule has 2 N–H and O–H groups in total. The zero-order valence-corrected chi connectivity index (χ0v) is 28.3. The molecule has 1 aliphatic carbocycles. The van der Waals surface area contributed by atoms with Crippen molar-refractivity contribution in [2.24, 2.45) is 0 Å². The topological polar surface area (TPSA) is 123 Å². The van der Waals surface area contributed by atoms with Gasteiger partial charge < -0.3 is 29.7 Å². The Morgan fingerprint density at radius 3 is 2.06 bits per heavy atom. The SMILES string of the molecule is CN(CCCC(=O)[C@H](CCCCNC(=O)OC(C)(C)C)NC(=O)OCC1c2ccccc2-c2ccccc21)C(=O)OCc1ccccc1. The average molecular weight is 658 g/mol. The molecule has 0 aromatic heterocycles. The quantitative estimate of drug-likeness (QED) is 0.131. The van der Waals surface area contributed by atoms with Crippen molar-refractivity contribution in [1.29, 1.82) is 0 Å². The van der Waals surface area contributed by atoms with E-state index in [1.54, 1.807) is 27.8 Å². The first kappa shape index (κ1) is 36.0. The number of alkyl carbamates (subject to hydrolysis) is 2. The zero-order valence-electron chi connectivity index (χ0n) is 28.3. The van der Waals surface area contributed by atoms with Crippen LogP contribution in [-0.2, 0) is 25.6 Å². The van der Waals surface area contributed by atoms with Gasteiger partial charge in [0.1, 0.15) is 18.8 Å². The van der Waals surface area contributed by atoms with Gasteiger partial charge in [0.15, 0.2) is 5.78 Å². The number of nitrogens with one attached hydrogen (secondary N) is 2. The molecule has 3 aromatic rings. The summed E-state index contributed by atoms with van der Waals surface area (Å²) in [4.78, 5) is 52.3. The molecule has 10 nitrogen and oxygen atoms in total. The molecule has 3 aromatic carbocycles. The zero-order chi connectivity index (χ0) is 34.5. The minimum absolute atomic E-state index is 0.103. The number of carbonyl (C=O) groups excluding carboxylic acids is 4. The summed E-state index contributed by atoms with van der Waals surface area (Å²) in [7, 11) is 1.63. The third-order valence-corrected chi connectivity index (χ3v) is 8.05. The van der Waals surface area contributed by atoms with Crippen molar-refractivity contribution < 1.29 is 33.4 Å². The number of fused-ring (bicyclic) bond motifs is 3. The second-order valence-corrected chi connectivity index (χ2v) is 13.0. The van der Waals surface area contributed by atoms with E-state index in [0.717, 1.165) is 27.8 Å². The average Bonchev–Trinajstić information content (AvgIpc) is 3.38. The van der Waals surface area contributed by atoms with Crippen LogP contribution in [0.5, 0.6) is 0 Å². The van der Waals surface area contributed by atoms with E-state index in [1.807, 2.05) is 66.7 Å². The van der Waals surface area contributed by atoms with Crippen LogP contribution < -0.4 is 10.6 Å². The molecule has 0 fully saturated rings. The van der Waals surface area contributed by atoms with Crippen molar-refractivity contribution in [3.05, 3.63) is 95.6 Å². The Labute approximate surface area is 283 Å². The second-order valence-electron chi connectivity index (χ2n) is 13.0.